The zero-order valence-corrected chi connectivity index (χ0v) is 24.9. The van der Waals surface area contributed by atoms with Gasteiger partial charge in [-0.1, -0.05) is 104 Å². The Labute approximate surface area is 230 Å². The van der Waals surface area contributed by atoms with E-state index in [2.05, 4.69) is 135 Å². The Balaban J connectivity index is 1.60. The van der Waals surface area contributed by atoms with E-state index >= 15 is 0 Å². The maximum absolute atomic E-state index is 6.17. The summed E-state index contributed by atoms with van der Waals surface area (Å²) < 4.78 is 14.0. The van der Waals surface area contributed by atoms with E-state index in [4.69, 9.17) is 9.05 Å². The molecule has 0 saturated heterocycles. The van der Waals surface area contributed by atoms with Crippen molar-refractivity contribution >= 4 is 20.3 Å². The van der Waals surface area contributed by atoms with E-state index in [0.29, 0.717) is 12.1 Å². The van der Waals surface area contributed by atoms with Crippen LogP contribution in [0.25, 0.3) is 0 Å². The van der Waals surface area contributed by atoms with Crippen LogP contribution in [-0.4, -0.2) is 36.2 Å². The van der Waals surface area contributed by atoms with Gasteiger partial charge in [0.15, 0.2) is 0 Å². The topological polar surface area (TPSA) is 21.7 Å². The second-order valence-corrected chi connectivity index (χ2v) is 12.7. The van der Waals surface area contributed by atoms with Crippen LogP contribution in [0.15, 0.2) is 91.0 Å². The fourth-order valence-corrected chi connectivity index (χ4v) is 7.91. The van der Waals surface area contributed by atoms with E-state index in [-0.39, 0.29) is 4.75 Å². The summed E-state index contributed by atoms with van der Waals surface area (Å²) in [4.78, 5) is 0. The fraction of sp³-hybridized carbons (Fsp3) is 0.438. The molecule has 0 radical (unpaired) electrons. The molecule has 0 saturated carbocycles. The maximum atomic E-state index is 6.17. The number of hydrogen-bond donors (Lipinski definition) is 0. The minimum Gasteiger partial charge on any atom is -0.325 e. The first-order valence-corrected chi connectivity index (χ1v) is 15.7. The minimum absolute atomic E-state index is 0.224. The van der Waals surface area contributed by atoms with Crippen LogP contribution in [0.2, 0.25) is 0 Å². The molecule has 0 heterocycles. The third-order valence-corrected chi connectivity index (χ3v) is 10.2. The van der Waals surface area contributed by atoms with Gasteiger partial charge in [-0.25, -0.2) is 4.67 Å². The summed E-state index contributed by atoms with van der Waals surface area (Å²) in [6, 6.07) is 33.7. The lowest BCUT2D eigenvalue weighted by molar-refractivity contribution is 0.192. The highest BCUT2D eigenvalue weighted by atomic mass is 32.2. The number of thioether (sulfide) groups is 1. The van der Waals surface area contributed by atoms with Gasteiger partial charge in [0, 0.05) is 19.2 Å². The molecule has 3 rings (SSSR count). The number of nitrogens with zero attached hydrogens (tertiary/aromatic N) is 1. The molecule has 5 heteroatoms. The van der Waals surface area contributed by atoms with Crippen LogP contribution in [0.3, 0.4) is 0 Å². The summed E-state index contributed by atoms with van der Waals surface area (Å²) >= 11 is 2.06. The van der Waals surface area contributed by atoms with Gasteiger partial charge >= 0.3 is 0 Å². The molecule has 1 unspecified atom stereocenters. The second kappa shape index (κ2) is 15.7. The Bertz CT molecular complexity index is 896. The first-order chi connectivity index (χ1) is 18.0. The van der Waals surface area contributed by atoms with E-state index in [1.807, 2.05) is 0 Å². The molecule has 1 atom stereocenters. The Morgan fingerprint density at radius 1 is 0.676 bits per heavy atom. The van der Waals surface area contributed by atoms with Crippen LogP contribution in [0.1, 0.15) is 70.1 Å². The quantitative estimate of drug-likeness (QED) is 0.103. The van der Waals surface area contributed by atoms with Crippen molar-refractivity contribution < 1.29 is 9.05 Å². The van der Waals surface area contributed by atoms with Gasteiger partial charge in [0.1, 0.15) is 0 Å². The van der Waals surface area contributed by atoms with Crippen LogP contribution in [0.4, 0.5) is 0 Å². The zero-order valence-electron chi connectivity index (χ0n) is 23.2. The molecule has 0 aliphatic heterocycles. The normalized spacial score (nSPS) is 13.0. The predicted octanol–water partition coefficient (Wildman–Crippen LogP) is 9.28. The molecule has 0 aliphatic rings. The van der Waals surface area contributed by atoms with Crippen molar-refractivity contribution in [3.63, 3.8) is 0 Å². The molecule has 0 bridgehead atoms. The van der Waals surface area contributed by atoms with Crippen molar-refractivity contribution in [2.75, 3.05) is 19.5 Å². The highest BCUT2D eigenvalue weighted by molar-refractivity contribution is 8.00. The molecule has 3 aromatic rings. The molecule has 0 fully saturated rings. The Kier molecular flexibility index (Phi) is 12.6. The average Bonchev–Trinajstić information content (AvgIpc) is 2.92. The van der Waals surface area contributed by atoms with Gasteiger partial charge in [-0.3, -0.25) is 0 Å². The number of hydrogen-bond acceptors (Lipinski definition) is 4. The molecule has 37 heavy (non-hydrogen) atoms. The molecular formula is C32H44NO2PS. The SMILES string of the molecule is COP(OCCCCCCSC(c1ccccc1)(c1ccccc1)c1ccccc1)N(C(C)C)C(C)C. The lowest BCUT2D eigenvalue weighted by atomic mass is 9.84. The smallest absolute Gasteiger partial charge is 0.258 e. The van der Waals surface area contributed by atoms with Crippen LogP contribution in [0, 0.1) is 0 Å². The van der Waals surface area contributed by atoms with Gasteiger partial charge in [0.2, 0.25) is 0 Å². The summed E-state index contributed by atoms with van der Waals surface area (Å²) in [6.07, 6.45) is 4.62. The van der Waals surface area contributed by atoms with Crippen molar-refractivity contribution in [2.45, 2.75) is 70.2 Å². The first-order valence-electron chi connectivity index (χ1n) is 13.6. The number of rotatable bonds is 16. The highest BCUT2D eigenvalue weighted by Crippen LogP contribution is 2.49. The summed E-state index contributed by atoms with van der Waals surface area (Å²) in [7, 11) is 0.771. The van der Waals surface area contributed by atoms with Crippen molar-refractivity contribution in [3.8, 4) is 0 Å². The van der Waals surface area contributed by atoms with Crippen molar-refractivity contribution in [1.82, 2.24) is 4.67 Å². The van der Waals surface area contributed by atoms with Crippen LogP contribution in [0.5, 0.6) is 0 Å². The van der Waals surface area contributed by atoms with Crippen LogP contribution >= 0.6 is 20.3 Å². The van der Waals surface area contributed by atoms with Crippen LogP contribution in [-0.2, 0) is 13.8 Å². The molecule has 0 N–H and O–H groups in total. The van der Waals surface area contributed by atoms with E-state index in [9.17, 15) is 0 Å². The van der Waals surface area contributed by atoms with Gasteiger partial charge in [-0.2, -0.15) is 0 Å². The van der Waals surface area contributed by atoms with Gasteiger partial charge in [0.25, 0.3) is 8.53 Å². The average molecular weight is 538 g/mol. The van der Waals surface area contributed by atoms with Gasteiger partial charge in [-0.15, -0.1) is 11.8 Å². The van der Waals surface area contributed by atoms with Crippen LogP contribution < -0.4 is 0 Å². The Morgan fingerprint density at radius 3 is 1.51 bits per heavy atom. The standard InChI is InChI=1S/C32H44NO2PS/c1-27(2)33(28(3)4)36(34-5)35-25-17-6-7-18-26-37-32(29-19-11-8-12-20-29,30-21-13-9-14-22-30)31-23-15-10-16-24-31/h8-16,19-24,27-28H,6-7,17-18,25-26H2,1-5H3. The van der Waals surface area contributed by atoms with E-state index in [1.165, 1.54) is 36.0 Å². The molecule has 0 aromatic heterocycles. The molecule has 3 nitrogen and oxygen atoms in total. The second-order valence-electron chi connectivity index (χ2n) is 9.86. The molecule has 0 aliphatic carbocycles. The maximum Gasteiger partial charge on any atom is 0.258 e. The largest absolute Gasteiger partial charge is 0.325 e. The molecule has 3 aromatic carbocycles. The van der Waals surface area contributed by atoms with Crippen molar-refractivity contribution in [2.24, 2.45) is 0 Å². The number of unbranched alkanes of at least 4 members (excludes halogenated alkanes) is 3. The molecule has 0 spiro atoms. The molecule has 200 valence electrons. The van der Waals surface area contributed by atoms with Gasteiger partial charge < -0.3 is 9.05 Å². The summed E-state index contributed by atoms with van der Waals surface area (Å²) in [5.74, 6) is 1.10. The third-order valence-electron chi connectivity index (χ3n) is 6.50. The highest BCUT2D eigenvalue weighted by Gasteiger charge is 2.36. The van der Waals surface area contributed by atoms with E-state index in [0.717, 1.165) is 18.8 Å². The Hall–Kier alpha value is -1.68. The number of benzene rings is 3. The molecule has 0 amide bonds. The lowest BCUT2D eigenvalue weighted by Gasteiger charge is -2.35. The van der Waals surface area contributed by atoms with Gasteiger partial charge in [-0.05, 0) is 63.0 Å². The van der Waals surface area contributed by atoms with Gasteiger partial charge in [0.05, 0.1) is 11.4 Å². The third kappa shape index (κ3) is 8.15. The van der Waals surface area contributed by atoms with E-state index in [1.54, 1.807) is 7.11 Å². The van der Waals surface area contributed by atoms with Crippen molar-refractivity contribution in [3.05, 3.63) is 108 Å². The van der Waals surface area contributed by atoms with E-state index < -0.39 is 8.53 Å². The minimum atomic E-state index is -0.992. The lowest BCUT2D eigenvalue weighted by Crippen LogP contribution is -2.33. The predicted molar refractivity (Wildman–Crippen MR) is 162 cm³/mol. The van der Waals surface area contributed by atoms with Crippen molar-refractivity contribution in [1.29, 1.82) is 0 Å². The fourth-order valence-electron chi connectivity index (χ4n) is 4.88. The Morgan fingerprint density at radius 2 is 1.11 bits per heavy atom. The summed E-state index contributed by atoms with van der Waals surface area (Å²) in [5, 5.41) is 0. The molecular weight excluding hydrogens is 493 g/mol. The monoisotopic (exact) mass is 537 g/mol. The first kappa shape index (κ1) is 29.9. The zero-order chi connectivity index (χ0) is 26.5. The summed E-state index contributed by atoms with van der Waals surface area (Å²) in [6.45, 7) is 9.57. The summed E-state index contributed by atoms with van der Waals surface area (Å²) in [5.41, 5.74) is 4.00.